The van der Waals surface area contributed by atoms with Gasteiger partial charge < -0.3 is 24.8 Å². The maximum absolute atomic E-state index is 13.6. The molecule has 11 nitrogen and oxygen atoms in total. The number of nitrogens with one attached hydrogen (secondary N) is 3. The molecule has 4 heterocycles. The Bertz CT molecular complexity index is 1790. The van der Waals surface area contributed by atoms with Crippen LogP contribution in [0.2, 0.25) is 0 Å². The molecular weight excluding hydrogens is 628 g/mol. The van der Waals surface area contributed by atoms with Gasteiger partial charge in [-0.05, 0) is 65.6 Å². The van der Waals surface area contributed by atoms with E-state index in [1.165, 1.54) is 22.9 Å². The molecule has 0 radical (unpaired) electrons. The van der Waals surface area contributed by atoms with Gasteiger partial charge >= 0.3 is 6.03 Å². The Kier molecular flexibility index (Phi) is 9.95. The van der Waals surface area contributed by atoms with Gasteiger partial charge in [-0.3, -0.25) is 19.6 Å². The first kappa shape index (κ1) is 33.4. The number of rotatable bonds is 9. The lowest BCUT2D eigenvalue weighted by Gasteiger charge is -2.26. The molecular formula is C36H42N6O5S. The molecule has 0 unspecified atom stereocenters. The van der Waals surface area contributed by atoms with Crippen molar-refractivity contribution in [3.05, 3.63) is 77.6 Å². The number of hydrogen-bond acceptors (Lipinski definition) is 8. The summed E-state index contributed by atoms with van der Waals surface area (Å²) in [5.41, 5.74) is 5.11. The lowest BCUT2D eigenvalue weighted by atomic mass is 9.86. The van der Waals surface area contributed by atoms with E-state index in [4.69, 9.17) is 14.2 Å². The Morgan fingerprint density at radius 2 is 1.83 bits per heavy atom. The van der Waals surface area contributed by atoms with Crippen LogP contribution >= 0.6 is 11.8 Å². The SMILES string of the molecule is CCc1c(C(C)(C)C)cc(NC(=O)Nc2ccc(Oc3ccnc4c3OCC(=O)N4)cc2SC)n1-c1ccc(CN2CCOCC2)cc1. The Labute approximate surface area is 285 Å². The number of benzene rings is 2. The van der Waals surface area contributed by atoms with Gasteiger partial charge in [0.1, 0.15) is 11.6 Å². The summed E-state index contributed by atoms with van der Waals surface area (Å²) in [7, 11) is 0. The predicted octanol–water partition coefficient (Wildman–Crippen LogP) is 7.05. The highest BCUT2D eigenvalue weighted by atomic mass is 32.2. The molecule has 252 valence electrons. The number of hydrogen-bond donors (Lipinski definition) is 3. The fourth-order valence-electron chi connectivity index (χ4n) is 5.98. The van der Waals surface area contributed by atoms with Crippen molar-refractivity contribution >= 4 is 41.0 Å². The van der Waals surface area contributed by atoms with E-state index >= 15 is 0 Å². The van der Waals surface area contributed by atoms with Gasteiger partial charge in [-0.1, -0.05) is 39.8 Å². The topological polar surface area (TPSA) is 119 Å². The van der Waals surface area contributed by atoms with E-state index in [1.807, 2.05) is 12.3 Å². The minimum Gasteiger partial charge on any atom is -0.476 e. The standard InChI is InChI=1S/C36H42N6O5S/c1-6-28-26(36(2,3)4)20-31(42(28)24-9-7-23(8-10-24)21-41-15-17-45-18-16-41)39-35(44)38-27-12-11-25(19-30(27)48-5)47-29-13-14-37-34-33(29)46-22-32(43)40-34/h7-14,19-20H,6,15-18,21-22H2,1-5H3,(H,37,40,43)(H2,38,39,44). The van der Waals surface area contributed by atoms with E-state index in [9.17, 15) is 9.59 Å². The summed E-state index contributed by atoms with van der Waals surface area (Å²) in [6.07, 6.45) is 4.29. The van der Waals surface area contributed by atoms with Gasteiger partial charge in [-0.25, -0.2) is 9.78 Å². The first-order chi connectivity index (χ1) is 23.1. The average molecular weight is 671 g/mol. The number of fused-ring (bicyclic) bond motifs is 1. The third kappa shape index (κ3) is 7.46. The van der Waals surface area contributed by atoms with Crippen molar-refractivity contribution in [1.29, 1.82) is 0 Å². The van der Waals surface area contributed by atoms with Crippen LogP contribution < -0.4 is 25.4 Å². The molecule has 12 heteroatoms. The van der Waals surface area contributed by atoms with E-state index in [2.05, 4.69) is 88.4 Å². The van der Waals surface area contributed by atoms with Crippen LogP contribution in [-0.4, -0.2) is 65.6 Å². The molecule has 0 spiro atoms. The summed E-state index contributed by atoms with van der Waals surface area (Å²) in [6, 6.07) is 17.5. The monoisotopic (exact) mass is 670 g/mol. The van der Waals surface area contributed by atoms with E-state index in [0.29, 0.717) is 34.6 Å². The van der Waals surface area contributed by atoms with E-state index in [-0.39, 0.29) is 24.0 Å². The quantitative estimate of drug-likeness (QED) is 0.162. The third-order valence-electron chi connectivity index (χ3n) is 8.31. The Morgan fingerprint density at radius 1 is 1.06 bits per heavy atom. The van der Waals surface area contributed by atoms with E-state index in [0.717, 1.165) is 55.5 Å². The molecule has 3 N–H and O–H groups in total. The van der Waals surface area contributed by atoms with Crippen molar-refractivity contribution in [3.8, 4) is 22.9 Å². The summed E-state index contributed by atoms with van der Waals surface area (Å²) < 4.78 is 19.3. The van der Waals surface area contributed by atoms with Crippen LogP contribution in [0.3, 0.4) is 0 Å². The summed E-state index contributed by atoms with van der Waals surface area (Å²) >= 11 is 1.49. The Morgan fingerprint density at radius 3 is 2.54 bits per heavy atom. The molecule has 2 aliphatic rings. The highest BCUT2D eigenvalue weighted by Crippen LogP contribution is 2.40. The molecule has 1 fully saturated rings. The van der Waals surface area contributed by atoms with Gasteiger partial charge in [0.15, 0.2) is 18.2 Å². The molecule has 6 rings (SSSR count). The van der Waals surface area contributed by atoms with Crippen LogP contribution in [0.25, 0.3) is 5.69 Å². The number of ether oxygens (including phenoxy) is 3. The second-order valence-electron chi connectivity index (χ2n) is 12.8. The number of nitrogens with zero attached hydrogens (tertiary/aromatic N) is 3. The minimum atomic E-state index is -0.350. The zero-order chi connectivity index (χ0) is 33.8. The number of thioether (sulfide) groups is 1. The molecule has 48 heavy (non-hydrogen) atoms. The summed E-state index contributed by atoms with van der Waals surface area (Å²) in [5.74, 6) is 2.11. The maximum Gasteiger partial charge on any atom is 0.324 e. The fraction of sp³-hybridized carbons (Fsp3) is 0.361. The number of carbonyl (C=O) groups excluding carboxylic acids is 2. The van der Waals surface area contributed by atoms with E-state index < -0.39 is 0 Å². The number of urea groups is 1. The second-order valence-corrected chi connectivity index (χ2v) is 13.6. The van der Waals surface area contributed by atoms with E-state index in [1.54, 1.807) is 24.4 Å². The fourth-order valence-corrected chi connectivity index (χ4v) is 6.56. The number of pyridine rings is 1. The first-order valence-corrected chi connectivity index (χ1v) is 17.4. The summed E-state index contributed by atoms with van der Waals surface area (Å²) in [6.45, 7) is 12.9. The molecule has 0 atom stereocenters. The zero-order valence-electron chi connectivity index (χ0n) is 28.0. The maximum atomic E-state index is 13.6. The number of anilines is 3. The lowest BCUT2D eigenvalue weighted by molar-refractivity contribution is -0.118. The third-order valence-corrected chi connectivity index (χ3v) is 9.09. The normalized spacial score (nSPS) is 14.9. The highest BCUT2D eigenvalue weighted by Gasteiger charge is 2.26. The van der Waals surface area contributed by atoms with Crippen molar-refractivity contribution in [3.63, 3.8) is 0 Å². The molecule has 0 bridgehead atoms. The molecule has 4 aromatic rings. The Hall–Kier alpha value is -4.52. The van der Waals surface area contributed by atoms with Gasteiger partial charge in [-0.15, -0.1) is 11.8 Å². The zero-order valence-corrected chi connectivity index (χ0v) is 28.8. The van der Waals surface area contributed by atoms with Crippen LogP contribution in [0.4, 0.5) is 22.1 Å². The number of morpholine rings is 1. The van der Waals surface area contributed by atoms with Gasteiger partial charge in [-0.2, -0.15) is 0 Å². The van der Waals surface area contributed by atoms with Gasteiger partial charge in [0, 0.05) is 48.2 Å². The smallest absolute Gasteiger partial charge is 0.324 e. The molecule has 2 aliphatic heterocycles. The molecule has 3 amide bonds. The van der Waals surface area contributed by atoms with Crippen LogP contribution in [-0.2, 0) is 27.9 Å². The van der Waals surface area contributed by atoms with Crippen molar-refractivity contribution in [2.24, 2.45) is 0 Å². The van der Waals surface area contributed by atoms with Crippen LogP contribution in [0, 0.1) is 0 Å². The average Bonchev–Trinajstić information content (AvgIpc) is 3.45. The summed E-state index contributed by atoms with van der Waals surface area (Å²) in [4.78, 5) is 32.7. The Balaban J connectivity index is 1.22. The van der Waals surface area contributed by atoms with Crippen molar-refractivity contribution < 1.29 is 23.8 Å². The van der Waals surface area contributed by atoms with Crippen LogP contribution in [0.5, 0.6) is 17.2 Å². The molecule has 0 saturated carbocycles. The minimum absolute atomic E-state index is 0.107. The summed E-state index contributed by atoms with van der Waals surface area (Å²) in [5, 5.41) is 8.86. The molecule has 1 saturated heterocycles. The molecule has 2 aromatic carbocycles. The molecule has 2 aromatic heterocycles. The number of amides is 3. The highest BCUT2D eigenvalue weighted by molar-refractivity contribution is 7.98. The largest absolute Gasteiger partial charge is 0.476 e. The molecule has 0 aliphatic carbocycles. The van der Waals surface area contributed by atoms with Gasteiger partial charge in [0.05, 0.1) is 18.9 Å². The van der Waals surface area contributed by atoms with Gasteiger partial charge in [0.25, 0.3) is 5.91 Å². The van der Waals surface area contributed by atoms with Crippen LogP contribution in [0.15, 0.2) is 65.7 Å². The number of carbonyl (C=O) groups is 2. The predicted molar refractivity (Wildman–Crippen MR) is 189 cm³/mol. The first-order valence-electron chi connectivity index (χ1n) is 16.1. The second kappa shape index (κ2) is 14.3. The van der Waals surface area contributed by atoms with Crippen molar-refractivity contribution in [1.82, 2.24) is 14.5 Å². The van der Waals surface area contributed by atoms with Crippen molar-refractivity contribution in [2.45, 2.75) is 51.0 Å². The van der Waals surface area contributed by atoms with Gasteiger partial charge in [0.2, 0.25) is 5.75 Å². The van der Waals surface area contributed by atoms with Crippen LogP contribution in [0.1, 0.15) is 44.5 Å². The lowest BCUT2D eigenvalue weighted by Crippen LogP contribution is -2.35. The van der Waals surface area contributed by atoms with Crippen molar-refractivity contribution in [2.75, 3.05) is 55.1 Å². The number of aromatic nitrogens is 2.